The lowest BCUT2D eigenvalue weighted by atomic mass is 9.62. The maximum absolute atomic E-state index is 11.6. The van der Waals surface area contributed by atoms with Crippen molar-refractivity contribution in [3.05, 3.63) is 29.6 Å². The average Bonchev–Trinajstić information content (AvgIpc) is 3.32. The second-order valence-corrected chi connectivity index (χ2v) is 8.02. The van der Waals surface area contributed by atoms with Gasteiger partial charge in [0.05, 0.1) is 0 Å². The molecule has 3 aliphatic rings. The number of carbonyl (C=O) groups is 1. The summed E-state index contributed by atoms with van der Waals surface area (Å²) in [6.45, 7) is 4.55. The van der Waals surface area contributed by atoms with Crippen molar-refractivity contribution in [2.75, 3.05) is 20.2 Å². The molecule has 0 radical (unpaired) electrons. The summed E-state index contributed by atoms with van der Waals surface area (Å²) in [5.41, 5.74) is 6.95. The molecule has 2 heterocycles. The summed E-state index contributed by atoms with van der Waals surface area (Å²) in [4.78, 5) is 18.4. The monoisotopic (exact) mass is 365 g/mol. The van der Waals surface area contributed by atoms with Gasteiger partial charge in [0.1, 0.15) is 11.3 Å². The summed E-state index contributed by atoms with van der Waals surface area (Å²) in [6, 6.07) is 3.86. The molecule has 2 bridgehead atoms. The number of hydrogen-bond donors (Lipinski definition) is 1. The van der Waals surface area contributed by atoms with E-state index in [1.165, 1.54) is 32.1 Å². The highest BCUT2D eigenvalue weighted by Crippen LogP contribution is 2.55. The third-order valence-corrected chi connectivity index (χ3v) is 6.74. The van der Waals surface area contributed by atoms with Crippen molar-refractivity contribution in [2.24, 2.45) is 17.6 Å². The maximum atomic E-state index is 11.6. The summed E-state index contributed by atoms with van der Waals surface area (Å²) in [7, 11) is 1.82. The zero-order valence-electron chi connectivity index (χ0n) is 15.0. The van der Waals surface area contributed by atoms with Crippen molar-refractivity contribution < 1.29 is 9.53 Å². The van der Waals surface area contributed by atoms with E-state index in [1.54, 1.807) is 6.20 Å². The number of methoxy groups -OCH3 is 1. The lowest BCUT2D eigenvalue weighted by Crippen LogP contribution is -2.61. The van der Waals surface area contributed by atoms with Crippen LogP contribution in [0, 0.1) is 11.8 Å². The highest BCUT2D eigenvalue weighted by molar-refractivity contribution is 5.90. The molecule has 2 atom stereocenters. The molecular weight excluding hydrogens is 338 g/mol. The van der Waals surface area contributed by atoms with Gasteiger partial charge in [-0.3, -0.25) is 14.7 Å². The number of halogens is 1. The van der Waals surface area contributed by atoms with Gasteiger partial charge in [-0.15, -0.1) is 12.4 Å². The van der Waals surface area contributed by atoms with Gasteiger partial charge in [0.2, 0.25) is 0 Å². The number of fused-ring (bicyclic) bond motifs is 2. The van der Waals surface area contributed by atoms with Gasteiger partial charge in [0.25, 0.3) is 5.91 Å². The summed E-state index contributed by atoms with van der Waals surface area (Å²) >= 11 is 0. The van der Waals surface area contributed by atoms with Crippen LogP contribution in [0.15, 0.2) is 18.3 Å². The van der Waals surface area contributed by atoms with Crippen LogP contribution in [0.2, 0.25) is 0 Å². The van der Waals surface area contributed by atoms with Gasteiger partial charge in [0, 0.05) is 43.8 Å². The number of hydrogen-bond acceptors (Lipinski definition) is 4. The molecule has 0 spiro atoms. The molecule has 6 heteroatoms. The van der Waals surface area contributed by atoms with E-state index in [9.17, 15) is 4.79 Å². The number of pyridine rings is 1. The smallest absolute Gasteiger partial charge is 0.267 e. The van der Waals surface area contributed by atoms with Crippen molar-refractivity contribution in [1.29, 1.82) is 0 Å². The van der Waals surface area contributed by atoms with Gasteiger partial charge in [-0.2, -0.15) is 0 Å². The van der Waals surface area contributed by atoms with Crippen molar-refractivity contribution in [2.45, 2.75) is 50.2 Å². The third-order valence-electron chi connectivity index (χ3n) is 6.74. The Morgan fingerprint density at radius 2 is 1.96 bits per heavy atom. The average molecular weight is 366 g/mol. The molecule has 1 aromatic rings. The number of piperidine rings is 1. The molecule has 2 N–H and O–H groups in total. The van der Waals surface area contributed by atoms with Crippen LogP contribution < -0.4 is 5.73 Å². The number of likely N-dealkylation sites (tertiary alicyclic amines) is 1. The van der Waals surface area contributed by atoms with Crippen LogP contribution in [0.4, 0.5) is 0 Å². The SMILES string of the molecule is COC1(c2ccnc(C(N)=O)c2)C2CCCC1CN(C1(C)CC1)C2.Cl. The van der Waals surface area contributed by atoms with E-state index >= 15 is 0 Å². The van der Waals surface area contributed by atoms with Crippen molar-refractivity contribution >= 4 is 18.3 Å². The van der Waals surface area contributed by atoms with E-state index in [2.05, 4.69) is 16.8 Å². The largest absolute Gasteiger partial charge is 0.373 e. The zero-order chi connectivity index (χ0) is 16.9. The molecule has 1 aromatic heterocycles. The van der Waals surface area contributed by atoms with E-state index in [4.69, 9.17) is 10.5 Å². The molecule has 1 saturated heterocycles. The van der Waals surface area contributed by atoms with Crippen LogP contribution in [-0.4, -0.2) is 41.5 Å². The van der Waals surface area contributed by atoms with Gasteiger partial charge in [-0.1, -0.05) is 6.42 Å². The van der Waals surface area contributed by atoms with Gasteiger partial charge < -0.3 is 10.5 Å². The second kappa shape index (κ2) is 6.53. The van der Waals surface area contributed by atoms with E-state index in [0.29, 0.717) is 23.1 Å². The Balaban J connectivity index is 0.00000182. The van der Waals surface area contributed by atoms with Crippen LogP contribution in [0.25, 0.3) is 0 Å². The number of nitrogens with zero attached hydrogens (tertiary/aromatic N) is 2. The molecule has 0 aromatic carbocycles. The summed E-state index contributed by atoms with van der Waals surface area (Å²) in [5, 5.41) is 0. The Morgan fingerprint density at radius 1 is 1.32 bits per heavy atom. The third kappa shape index (κ3) is 2.86. The van der Waals surface area contributed by atoms with E-state index in [0.717, 1.165) is 18.7 Å². The molecule has 25 heavy (non-hydrogen) atoms. The highest BCUT2D eigenvalue weighted by Gasteiger charge is 2.57. The molecular formula is C19H28ClN3O2. The number of rotatable bonds is 4. The minimum Gasteiger partial charge on any atom is -0.373 e. The first-order valence-corrected chi connectivity index (χ1v) is 9.06. The molecule has 1 aliphatic heterocycles. The Bertz CT molecular complexity index is 648. The first kappa shape index (κ1) is 18.6. The molecule has 138 valence electrons. The van der Waals surface area contributed by atoms with Gasteiger partial charge >= 0.3 is 0 Å². The molecule has 4 rings (SSSR count). The van der Waals surface area contributed by atoms with Crippen LogP contribution in [0.1, 0.15) is 55.1 Å². The number of primary amides is 1. The minimum atomic E-state index is -0.476. The van der Waals surface area contributed by atoms with Crippen molar-refractivity contribution in [3.63, 3.8) is 0 Å². The molecule has 3 fully saturated rings. The fourth-order valence-electron chi connectivity index (χ4n) is 5.10. The Hall–Kier alpha value is -1.17. The summed E-state index contributed by atoms with van der Waals surface area (Å²) in [6.07, 6.45) is 7.93. The lowest BCUT2D eigenvalue weighted by Gasteiger charge is -2.56. The predicted octanol–water partition coefficient (Wildman–Crippen LogP) is 2.73. The van der Waals surface area contributed by atoms with E-state index in [-0.39, 0.29) is 18.0 Å². The molecule has 2 saturated carbocycles. The summed E-state index contributed by atoms with van der Waals surface area (Å²) in [5.74, 6) is 0.433. The quantitative estimate of drug-likeness (QED) is 0.890. The Kier molecular flexibility index (Phi) is 4.86. The van der Waals surface area contributed by atoms with Crippen molar-refractivity contribution in [3.8, 4) is 0 Å². The van der Waals surface area contributed by atoms with Gasteiger partial charge in [-0.25, -0.2) is 0 Å². The van der Waals surface area contributed by atoms with Crippen molar-refractivity contribution in [1.82, 2.24) is 9.88 Å². The number of carbonyl (C=O) groups excluding carboxylic acids is 1. The standard InChI is InChI=1S/C19H27N3O2.ClH/c1-18(7-8-18)22-11-14-4-3-5-15(12-22)19(14,24-2)13-6-9-21-16(10-13)17(20)23;/h6,9-10,14-15H,3-5,7-8,11-12H2,1-2H3,(H2,20,23);1H. The molecule has 2 unspecified atom stereocenters. The van der Waals surface area contributed by atoms with Gasteiger partial charge in [-0.05, 0) is 50.3 Å². The van der Waals surface area contributed by atoms with Crippen LogP contribution >= 0.6 is 12.4 Å². The molecule has 2 aliphatic carbocycles. The predicted molar refractivity (Wildman–Crippen MR) is 98.7 cm³/mol. The highest BCUT2D eigenvalue weighted by atomic mass is 35.5. The first-order valence-electron chi connectivity index (χ1n) is 9.06. The van der Waals surface area contributed by atoms with Crippen LogP contribution in [-0.2, 0) is 10.3 Å². The van der Waals surface area contributed by atoms with Crippen LogP contribution in [0.5, 0.6) is 0 Å². The Morgan fingerprint density at radius 3 is 2.48 bits per heavy atom. The zero-order valence-corrected chi connectivity index (χ0v) is 15.8. The molecule has 5 nitrogen and oxygen atoms in total. The summed E-state index contributed by atoms with van der Waals surface area (Å²) < 4.78 is 6.24. The fourth-order valence-corrected chi connectivity index (χ4v) is 5.10. The molecule has 1 amide bonds. The van der Waals surface area contributed by atoms with E-state index < -0.39 is 5.91 Å². The minimum absolute atomic E-state index is 0. The lowest BCUT2D eigenvalue weighted by molar-refractivity contribution is -0.175. The normalized spacial score (nSPS) is 33.4. The van der Waals surface area contributed by atoms with Crippen LogP contribution in [0.3, 0.4) is 0 Å². The second-order valence-electron chi connectivity index (χ2n) is 8.02. The maximum Gasteiger partial charge on any atom is 0.267 e. The Labute approximate surface area is 155 Å². The number of amides is 1. The van der Waals surface area contributed by atoms with E-state index in [1.807, 2.05) is 19.2 Å². The van der Waals surface area contributed by atoms with Gasteiger partial charge in [0.15, 0.2) is 0 Å². The fraction of sp³-hybridized carbons (Fsp3) is 0.684. The number of aromatic nitrogens is 1. The first-order chi connectivity index (χ1) is 11.5. The topological polar surface area (TPSA) is 68.5 Å². The number of nitrogens with two attached hydrogens (primary N) is 1. The number of ether oxygens (including phenoxy) is 1.